The highest BCUT2D eigenvalue weighted by molar-refractivity contribution is 5.89. The molecule has 0 saturated carbocycles. The molecule has 0 unspecified atom stereocenters. The fraction of sp³-hybridized carbons (Fsp3) is 0.273. The Bertz CT molecular complexity index is 1240. The van der Waals surface area contributed by atoms with Gasteiger partial charge in [0.05, 0.1) is 11.7 Å². The van der Waals surface area contributed by atoms with Crippen molar-refractivity contribution in [3.05, 3.63) is 102 Å². The van der Waals surface area contributed by atoms with E-state index in [4.69, 9.17) is 9.47 Å². The second-order valence-electron chi connectivity index (χ2n) is 9.86. The van der Waals surface area contributed by atoms with Gasteiger partial charge in [0.2, 0.25) is 0 Å². The van der Waals surface area contributed by atoms with Crippen LogP contribution in [0.2, 0.25) is 0 Å². The molecule has 35 heavy (non-hydrogen) atoms. The molecular weight excluding hydrogens is 428 g/mol. The Morgan fingerprint density at radius 1 is 0.486 bits per heavy atom. The summed E-state index contributed by atoms with van der Waals surface area (Å²) < 4.78 is 13.5. The number of hydrogen-bond donors (Lipinski definition) is 0. The molecule has 0 N–H and O–H groups in total. The molecule has 0 radical (unpaired) electrons. The molecule has 0 aliphatic carbocycles. The van der Waals surface area contributed by atoms with Crippen LogP contribution >= 0.6 is 0 Å². The van der Waals surface area contributed by atoms with Crippen molar-refractivity contribution < 1.29 is 9.47 Å². The number of rotatable bonds is 8. The van der Waals surface area contributed by atoms with Crippen molar-refractivity contribution >= 4 is 0 Å². The lowest BCUT2D eigenvalue weighted by Crippen LogP contribution is -2.13. The Morgan fingerprint density at radius 3 is 1.37 bits per heavy atom. The topological polar surface area (TPSA) is 18.5 Å². The Kier molecular flexibility index (Phi) is 7.60. The molecule has 4 aromatic carbocycles. The molecule has 0 atom stereocenters. The fourth-order valence-corrected chi connectivity index (χ4v) is 4.70. The van der Waals surface area contributed by atoms with Gasteiger partial charge >= 0.3 is 0 Å². The molecule has 0 heterocycles. The largest absolute Gasteiger partial charge is 0.490 e. The van der Waals surface area contributed by atoms with Gasteiger partial charge in [0.25, 0.3) is 0 Å². The molecule has 4 aromatic rings. The third kappa shape index (κ3) is 5.27. The summed E-state index contributed by atoms with van der Waals surface area (Å²) >= 11 is 0. The highest BCUT2D eigenvalue weighted by Gasteiger charge is 2.31. The van der Waals surface area contributed by atoms with E-state index in [-0.39, 0.29) is 17.9 Å². The van der Waals surface area contributed by atoms with Gasteiger partial charge in [-0.05, 0) is 54.5 Å². The summed E-state index contributed by atoms with van der Waals surface area (Å²) in [4.78, 5) is 0. The van der Waals surface area contributed by atoms with Crippen LogP contribution < -0.4 is 9.47 Å². The number of benzene rings is 4. The van der Waals surface area contributed by atoms with Crippen molar-refractivity contribution in [1.29, 1.82) is 0 Å². The number of ether oxygens (including phenoxy) is 2. The highest BCUT2D eigenvalue weighted by Crippen LogP contribution is 2.54. The highest BCUT2D eigenvalue weighted by atomic mass is 16.5. The molecule has 4 rings (SSSR count). The maximum absolute atomic E-state index is 6.80. The summed E-state index contributed by atoms with van der Waals surface area (Å²) in [6.07, 6.45) is 0.0214. The minimum absolute atomic E-state index is 0.0214. The third-order valence-electron chi connectivity index (χ3n) is 6.08. The van der Waals surface area contributed by atoms with Gasteiger partial charge in [-0.3, -0.25) is 0 Å². The van der Waals surface area contributed by atoms with Crippen LogP contribution in [0.4, 0.5) is 0 Å². The molecule has 0 fully saturated rings. The van der Waals surface area contributed by atoms with Crippen molar-refractivity contribution in [2.75, 3.05) is 0 Å². The summed E-state index contributed by atoms with van der Waals surface area (Å²) in [7, 11) is 0. The zero-order valence-electron chi connectivity index (χ0n) is 21.7. The van der Waals surface area contributed by atoms with Crippen molar-refractivity contribution in [2.24, 2.45) is 0 Å². The summed E-state index contributed by atoms with van der Waals surface area (Å²) in [6, 6.07) is 31.2. The number of para-hydroxylation sites is 1. The lowest BCUT2D eigenvalue weighted by molar-refractivity contribution is 0.239. The zero-order chi connectivity index (χ0) is 24.9. The third-order valence-corrected chi connectivity index (χ3v) is 6.08. The normalized spacial score (nSPS) is 11.3. The van der Waals surface area contributed by atoms with Gasteiger partial charge in [-0.25, -0.2) is 0 Å². The minimum atomic E-state index is 0.0214. The predicted octanol–water partition coefficient (Wildman–Crippen LogP) is 9.85. The molecule has 0 saturated heterocycles. The van der Waals surface area contributed by atoms with E-state index in [0.717, 1.165) is 28.4 Å². The average Bonchev–Trinajstić information content (AvgIpc) is 2.84. The van der Waals surface area contributed by atoms with E-state index in [1.807, 2.05) is 30.3 Å². The van der Waals surface area contributed by atoms with Gasteiger partial charge in [-0.15, -0.1) is 0 Å². The Hall–Kier alpha value is -3.52. The molecule has 0 bridgehead atoms. The maximum atomic E-state index is 6.80. The van der Waals surface area contributed by atoms with Crippen molar-refractivity contribution in [2.45, 2.75) is 59.5 Å². The molecule has 0 aliphatic heterocycles. The maximum Gasteiger partial charge on any atom is 0.143 e. The molecule has 0 spiro atoms. The van der Waals surface area contributed by atoms with E-state index in [0.29, 0.717) is 0 Å². The molecular formula is C33H36O2. The monoisotopic (exact) mass is 464 g/mol. The first kappa shape index (κ1) is 24.6. The van der Waals surface area contributed by atoms with Crippen LogP contribution in [-0.2, 0) is 0 Å². The standard InChI is InChI=1S/C33H36O2/c1-22(2)28-30(25-16-10-7-11-17-25)29(23(3)4)33(35-27-20-14-9-15-21-27)31(32(28)34-24(5)6)26-18-12-8-13-19-26/h7-24H,1-6H3. The van der Waals surface area contributed by atoms with E-state index < -0.39 is 0 Å². The Morgan fingerprint density at radius 2 is 0.914 bits per heavy atom. The summed E-state index contributed by atoms with van der Waals surface area (Å²) in [5.41, 5.74) is 6.96. The first-order valence-electron chi connectivity index (χ1n) is 12.6. The molecule has 2 nitrogen and oxygen atoms in total. The molecule has 0 amide bonds. The molecule has 0 aliphatic rings. The summed E-state index contributed by atoms with van der Waals surface area (Å²) in [5, 5.41) is 0. The SMILES string of the molecule is CC(C)Oc1c(-c2ccccc2)c(Oc2ccccc2)c(C(C)C)c(-c2ccccc2)c1C(C)C. The van der Waals surface area contributed by atoms with Crippen LogP contribution in [0, 0.1) is 0 Å². The minimum Gasteiger partial charge on any atom is -0.490 e. The number of hydrogen-bond acceptors (Lipinski definition) is 2. The first-order chi connectivity index (χ1) is 16.9. The van der Waals surface area contributed by atoms with Gasteiger partial charge < -0.3 is 9.47 Å². The lowest BCUT2D eigenvalue weighted by atomic mass is 9.80. The van der Waals surface area contributed by atoms with Gasteiger partial charge in [-0.2, -0.15) is 0 Å². The van der Waals surface area contributed by atoms with Gasteiger partial charge in [-0.1, -0.05) is 107 Å². The summed E-state index contributed by atoms with van der Waals surface area (Å²) in [6.45, 7) is 13.2. The van der Waals surface area contributed by atoms with Gasteiger partial charge in [0.15, 0.2) is 0 Å². The Balaban J connectivity index is 2.20. The van der Waals surface area contributed by atoms with E-state index in [1.54, 1.807) is 0 Å². The smallest absolute Gasteiger partial charge is 0.143 e. The van der Waals surface area contributed by atoms with E-state index >= 15 is 0 Å². The quantitative estimate of drug-likeness (QED) is 0.258. The zero-order valence-corrected chi connectivity index (χ0v) is 21.7. The molecule has 180 valence electrons. The first-order valence-corrected chi connectivity index (χ1v) is 12.6. The van der Waals surface area contributed by atoms with Crippen LogP contribution in [0.5, 0.6) is 17.2 Å². The summed E-state index contributed by atoms with van der Waals surface area (Å²) in [5.74, 6) is 3.09. The average molecular weight is 465 g/mol. The van der Waals surface area contributed by atoms with E-state index in [2.05, 4.69) is 102 Å². The van der Waals surface area contributed by atoms with Crippen molar-refractivity contribution in [3.63, 3.8) is 0 Å². The van der Waals surface area contributed by atoms with E-state index in [9.17, 15) is 0 Å². The van der Waals surface area contributed by atoms with Gasteiger partial charge in [0, 0.05) is 11.1 Å². The molecule has 2 heteroatoms. The molecule has 0 aromatic heterocycles. The second kappa shape index (κ2) is 10.8. The predicted molar refractivity (Wildman–Crippen MR) is 148 cm³/mol. The fourth-order valence-electron chi connectivity index (χ4n) is 4.70. The van der Waals surface area contributed by atoms with E-state index in [1.165, 1.54) is 22.3 Å². The second-order valence-corrected chi connectivity index (χ2v) is 9.86. The lowest BCUT2D eigenvalue weighted by Gasteiger charge is -2.30. The van der Waals surface area contributed by atoms with Crippen LogP contribution in [0.15, 0.2) is 91.0 Å². The van der Waals surface area contributed by atoms with Crippen LogP contribution in [0.25, 0.3) is 22.3 Å². The van der Waals surface area contributed by atoms with Crippen molar-refractivity contribution in [3.8, 4) is 39.5 Å². The Labute approximate surface area is 210 Å². The van der Waals surface area contributed by atoms with Crippen LogP contribution in [-0.4, -0.2) is 6.10 Å². The van der Waals surface area contributed by atoms with Gasteiger partial charge in [0.1, 0.15) is 17.2 Å². The van der Waals surface area contributed by atoms with Crippen LogP contribution in [0.1, 0.15) is 64.5 Å². The van der Waals surface area contributed by atoms with Crippen LogP contribution in [0.3, 0.4) is 0 Å². The van der Waals surface area contributed by atoms with Crippen molar-refractivity contribution in [1.82, 2.24) is 0 Å².